The Hall–Kier alpha value is -1.83. The number of aliphatic hydroxyl groups is 1. The van der Waals surface area contributed by atoms with Crippen LogP contribution in [0.4, 0.5) is 20.7 Å². The van der Waals surface area contributed by atoms with Crippen LogP contribution in [0, 0.1) is 0 Å². The van der Waals surface area contributed by atoms with Crippen LogP contribution >= 0.6 is 0 Å². The Kier molecular flexibility index (Phi) is 5.17. The Labute approximate surface area is 146 Å². The van der Waals surface area contributed by atoms with E-state index in [0.29, 0.717) is 24.1 Å². The molecule has 0 amide bonds. The Morgan fingerprint density at radius 3 is 2.60 bits per heavy atom. The van der Waals surface area contributed by atoms with E-state index in [9.17, 15) is 13.9 Å². The molecule has 0 aliphatic heterocycles. The molecule has 0 radical (unpaired) electrons. The lowest BCUT2D eigenvalue weighted by Gasteiger charge is -2.19. The molecular weight excluding hydrogens is 328 g/mol. The van der Waals surface area contributed by atoms with Crippen LogP contribution in [0.15, 0.2) is 6.08 Å². The summed E-state index contributed by atoms with van der Waals surface area (Å²) in [5.74, 6) is -1.42. The maximum Gasteiger partial charge on any atom is 0.250 e. The van der Waals surface area contributed by atoms with Crippen molar-refractivity contribution in [2.24, 2.45) is 0 Å². The standard InChI is InChI=1S/C17H25F2N5O/c1-10(2)20-15-22-14(11-4-3-5-13(25)8-11)23-16(24-15)21-12-6-7-17(18,19)9-12/h8,10,12-13,25H,3-7,9H2,1-2H3,(H2,20,21,22,23,24). The monoisotopic (exact) mass is 353 g/mol. The second kappa shape index (κ2) is 7.19. The van der Waals surface area contributed by atoms with Gasteiger partial charge in [-0.25, -0.2) is 8.78 Å². The van der Waals surface area contributed by atoms with Crippen LogP contribution in [0.25, 0.3) is 5.57 Å². The average molecular weight is 353 g/mol. The van der Waals surface area contributed by atoms with E-state index in [-0.39, 0.29) is 24.9 Å². The molecule has 6 nitrogen and oxygen atoms in total. The smallest absolute Gasteiger partial charge is 0.250 e. The summed E-state index contributed by atoms with van der Waals surface area (Å²) in [6, 6.07) is -0.215. The summed E-state index contributed by atoms with van der Waals surface area (Å²) in [5.41, 5.74) is 0.868. The summed E-state index contributed by atoms with van der Waals surface area (Å²) in [7, 11) is 0. The first kappa shape index (κ1) is 18.0. The minimum Gasteiger partial charge on any atom is -0.389 e. The first-order valence-corrected chi connectivity index (χ1v) is 8.87. The minimum absolute atomic E-state index is 0.114. The summed E-state index contributed by atoms with van der Waals surface area (Å²) >= 11 is 0. The highest BCUT2D eigenvalue weighted by Gasteiger charge is 2.39. The number of anilines is 2. The predicted octanol–water partition coefficient (Wildman–Crippen LogP) is 3.22. The first-order chi connectivity index (χ1) is 11.8. The number of nitrogens with zero attached hydrogens (tertiary/aromatic N) is 3. The molecule has 2 aliphatic carbocycles. The highest BCUT2D eigenvalue weighted by molar-refractivity contribution is 5.63. The van der Waals surface area contributed by atoms with Gasteiger partial charge in [-0.2, -0.15) is 15.0 Å². The van der Waals surface area contributed by atoms with Crippen molar-refractivity contribution in [1.29, 1.82) is 0 Å². The van der Waals surface area contributed by atoms with Crippen LogP contribution in [0.1, 0.15) is 58.2 Å². The molecule has 2 unspecified atom stereocenters. The Balaban J connectivity index is 1.85. The van der Waals surface area contributed by atoms with E-state index in [1.165, 1.54) is 0 Å². The maximum absolute atomic E-state index is 13.4. The number of hydrogen-bond donors (Lipinski definition) is 3. The van der Waals surface area contributed by atoms with E-state index in [0.717, 1.165) is 24.8 Å². The number of rotatable bonds is 5. The summed E-state index contributed by atoms with van der Waals surface area (Å²) in [4.78, 5) is 13.2. The first-order valence-electron chi connectivity index (χ1n) is 8.87. The van der Waals surface area contributed by atoms with Gasteiger partial charge in [-0.05, 0) is 51.2 Å². The molecule has 8 heteroatoms. The summed E-state index contributed by atoms with van der Waals surface area (Å²) in [5, 5.41) is 16.0. The number of aliphatic hydroxyl groups excluding tert-OH is 1. The van der Waals surface area contributed by atoms with Crippen molar-refractivity contribution < 1.29 is 13.9 Å². The molecule has 0 aromatic carbocycles. The molecule has 138 valence electrons. The van der Waals surface area contributed by atoms with Crippen LogP contribution in [0.5, 0.6) is 0 Å². The zero-order valence-electron chi connectivity index (χ0n) is 14.6. The third-order valence-electron chi connectivity index (χ3n) is 4.42. The van der Waals surface area contributed by atoms with Crippen molar-refractivity contribution in [3.63, 3.8) is 0 Å². The van der Waals surface area contributed by atoms with E-state index >= 15 is 0 Å². The topological polar surface area (TPSA) is 83.0 Å². The third kappa shape index (κ3) is 4.84. The number of allylic oxidation sites excluding steroid dienone is 1. The lowest BCUT2D eigenvalue weighted by molar-refractivity contribution is 0.00851. The molecule has 1 fully saturated rings. The Bertz CT molecular complexity index is 650. The van der Waals surface area contributed by atoms with Gasteiger partial charge in [0.15, 0.2) is 5.82 Å². The molecule has 0 saturated heterocycles. The molecule has 25 heavy (non-hydrogen) atoms. The van der Waals surface area contributed by atoms with Crippen LogP contribution in [-0.4, -0.2) is 44.2 Å². The van der Waals surface area contributed by atoms with Gasteiger partial charge < -0.3 is 15.7 Å². The van der Waals surface area contributed by atoms with Crippen LogP contribution in [0.3, 0.4) is 0 Å². The summed E-state index contributed by atoms with van der Waals surface area (Å²) < 4.78 is 26.8. The molecule has 1 heterocycles. The highest BCUT2D eigenvalue weighted by atomic mass is 19.3. The molecule has 0 spiro atoms. The van der Waals surface area contributed by atoms with Gasteiger partial charge in [0, 0.05) is 24.9 Å². The highest BCUT2D eigenvalue weighted by Crippen LogP contribution is 2.36. The van der Waals surface area contributed by atoms with Gasteiger partial charge in [0.1, 0.15) is 0 Å². The molecule has 3 N–H and O–H groups in total. The molecule has 2 aliphatic rings. The molecular formula is C17H25F2N5O. The molecule has 3 rings (SSSR count). The third-order valence-corrected chi connectivity index (χ3v) is 4.42. The number of halogens is 2. The van der Waals surface area contributed by atoms with Gasteiger partial charge in [0.05, 0.1) is 6.10 Å². The molecule has 1 aromatic heterocycles. The molecule has 1 saturated carbocycles. The van der Waals surface area contributed by atoms with Gasteiger partial charge in [-0.3, -0.25) is 0 Å². The lowest BCUT2D eigenvalue weighted by Crippen LogP contribution is -2.22. The van der Waals surface area contributed by atoms with Crippen molar-refractivity contribution in [2.45, 2.75) is 76.5 Å². The van der Waals surface area contributed by atoms with E-state index < -0.39 is 12.0 Å². The normalized spacial score (nSPS) is 25.8. The van der Waals surface area contributed by atoms with Crippen molar-refractivity contribution in [2.75, 3.05) is 10.6 Å². The second-order valence-electron chi connectivity index (χ2n) is 7.20. The van der Waals surface area contributed by atoms with Gasteiger partial charge in [-0.15, -0.1) is 0 Å². The van der Waals surface area contributed by atoms with Crippen LogP contribution in [-0.2, 0) is 0 Å². The fourth-order valence-electron chi connectivity index (χ4n) is 3.25. The Morgan fingerprint density at radius 1 is 1.20 bits per heavy atom. The van der Waals surface area contributed by atoms with Crippen molar-refractivity contribution in [1.82, 2.24) is 15.0 Å². The molecule has 1 aromatic rings. The largest absolute Gasteiger partial charge is 0.389 e. The van der Waals surface area contributed by atoms with Gasteiger partial charge in [0.2, 0.25) is 17.8 Å². The molecule has 0 bridgehead atoms. The number of nitrogens with one attached hydrogen (secondary N) is 2. The van der Waals surface area contributed by atoms with Crippen molar-refractivity contribution >= 4 is 17.5 Å². The fraction of sp³-hybridized carbons (Fsp3) is 0.706. The van der Waals surface area contributed by atoms with E-state index in [1.807, 2.05) is 13.8 Å². The minimum atomic E-state index is -2.62. The molecule has 2 atom stereocenters. The van der Waals surface area contributed by atoms with Crippen molar-refractivity contribution in [3.05, 3.63) is 11.9 Å². The average Bonchev–Trinajstić information content (AvgIpc) is 2.85. The number of alkyl halides is 2. The second-order valence-corrected chi connectivity index (χ2v) is 7.20. The van der Waals surface area contributed by atoms with E-state index in [2.05, 4.69) is 25.6 Å². The van der Waals surface area contributed by atoms with Gasteiger partial charge >= 0.3 is 0 Å². The quantitative estimate of drug-likeness (QED) is 0.754. The lowest BCUT2D eigenvalue weighted by atomic mass is 9.97. The van der Waals surface area contributed by atoms with Crippen LogP contribution in [0.2, 0.25) is 0 Å². The zero-order valence-corrected chi connectivity index (χ0v) is 14.6. The van der Waals surface area contributed by atoms with Gasteiger partial charge in [-0.1, -0.05) is 0 Å². The summed E-state index contributed by atoms with van der Waals surface area (Å²) in [6.07, 6.45) is 3.72. The van der Waals surface area contributed by atoms with Crippen molar-refractivity contribution in [3.8, 4) is 0 Å². The fourth-order valence-corrected chi connectivity index (χ4v) is 3.25. The maximum atomic E-state index is 13.4. The predicted molar refractivity (Wildman–Crippen MR) is 92.6 cm³/mol. The summed E-state index contributed by atoms with van der Waals surface area (Å²) in [6.45, 7) is 3.94. The Morgan fingerprint density at radius 2 is 1.96 bits per heavy atom. The van der Waals surface area contributed by atoms with Crippen LogP contribution < -0.4 is 10.6 Å². The number of aromatic nitrogens is 3. The van der Waals surface area contributed by atoms with Gasteiger partial charge in [0.25, 0.3) is 0 Å². The van der Waals surface area contributed by atoms with E-state index in [4.69, 9.17) is 0 Å². The zero-order chi connectivity index (χ0) is 18.0. The number of hydrogen-bond acceptors (Lipinski definition) is 6. The SMILES string of the molecule is CC(C)Nc1nc(NC2CCC(F)(F)C2)nc(C2=CC(O)CCC2)n1. The van der Waals surface area contributed by atoms with E-state index in [1.54, 1.807) is 6.08 Å².